The Morgan fingerprint density at radius 1 is 0.960 bits per heavy atom. The highest BCUT2D eigenvalue weighted by Crippen LogP contribution is 2.18. The van der Waals surface area contributed by atoms with E-state index in [1.165, 1.54) is 0 Å². The van der Waals surface area contributed by atoms with Gasteiger partial charge in [0.25, 0.3) is 5.91 Å². The Labute approximate surface area is 145 Å². The van der Waals surface area contributed by atoms with Crippen LogP contribution >= 0.6 is 0 Å². The van der Waals surface area contributed by atoms with Crippen LogP contribution in [0.5, 0.6) is 0 Å². The van der Waals surface area contributed by atoms with E-state index in [0.29, 0.717) is 24.4 Å². The van der Waals surface area contributed by atoms with Crippen LogP contribution in [-0.4, -0.2) is 19.0 Å². The van der Waals surface area contributed by atoms with E-state index in [9.17, 15) is 9.59 Å². The number of carbonyl (C=O) groups is 2. The molecule has 3 rings (SSSR count). The van der Waals surface area contributed by atoms with Gasteiger partial charge in [-0.3, -0.25) is 4.79 Å². The second kappa shape index (κ2) is 7.53. The lowest BCUT2D eigenvalue weighted by Gasteiger charge is -2.07. The number of urea groups is 1. The zero-order valence-corrected chi connectivity index (χ0v) is 13.8. The van der Waals surface area contributed by atoms with Crippen LogP contribution in [-0.2, 0) is 13.1 Å². The van der Waals surface area contributed by atoms with Crippen molar-refractivity contribution in [2.45, 2.75) is 13.1 Å². The Morgan fingerprint density at radius 3 is 2.40 bits per heavy atom. The first-order valence-corrected chi connectivity index (χ1v) is 7.96. The van der Waals surface area contributed by atoms with E-state index < -0.39 is 0 Å². The van der Waals surface area contributed by atoms with Crippen molar-refractivity contribution in [3.63, 3.8) is 0 Å². The lowest BCUT2D eigenvalue weighted by atomic mass is 10.1. The first-order chi connectivity index (χ1) is 12.2. The molecule has 0 bridgehead atoms. The molecule has 1 aromatic heterocycles. The number of hydrogen-bond donors (Lipinski definition) is 3. The first kappa shape index (κ1) is 16.6. The van der Waals surface area contributed by atoms with E-state index in [4.69, 9.17) is 4.42 Å². The highest BCUT2D eigenvalue weighted by atomic mass is 16.3. The van der Waals surface area contributed by atoms with E-state index in [1.54, 1.807) is 19.2 Å². The van der Waals surface area contributed by atoms with Crippen LogP contribution in [0.1, 0.15) is 21.7 Å². The molecular formula is C19H19N3O3. The molecule has 2 aromatic carbocycles. The van der Waals surface area contributed by atoms with Crippen LogP contribution in [0.25, 0.3) is 11.0 Å². The summed E-state index contributed by atoms with van der Waals surface area (Å²) >= 11 is 0. The fourth-order valence-electron chi connectivity index (χ4n) is 2.45. The number of benzene rings is 2. The minimum Gasteiger partial charge on any atom is -0.459 e. The van der Waals surface area contributed by atoms with Crippen molar-refractivity contribution in [1.82, 2.24) is 16.0 Å². The Hall–Kier alpha value is -3.28. The molecule has 6 heteroatoms. The summed E-state index contributed by atoms with van der Waals surface area (Å²) in [5.74, 6) is 0.564. The van der Waals surface area contributed by atoms with E-state index in [2.05, 4.69) is 16.0 Å². The first-order valence-electron chi connectivity index (χ1n) is 7.96. The van der Waals surface area contributed by atoms with E-state index in [1.807, 2.05) is 42.5 Å². The van der Waals surface area contributed by atoms with Crippen molar-refractivity contribution in [2.24, 2.45) is 0 Å². The maximum Gasteiger partial charge on any atom is 0.315 e. The third-order valence-corrected chi connectivity index (χ3v) is 3.80. The molecule has 0 aliphatic heterocycles. The smallest absolute Gasteiger partial charge is 0.315 e. The van der Waals surface area contributed by atoms with Crippen LogP contribution in [0.15, 0.2) is 59.0 Å². The molecular weight excluding hydrogens is 318 g/mol. The quantitative estimate of drug-likeness (QED) is 0.669. The largest absolute Gasteiger partial charge is 0.459 e. The molecule has 25 heavy (non-hydrogen) atoms. The molecule has 3 aromatic rings. The van der Waals surface area contributed by atoms with Gasteiger partial charge in [0.2, 0.25) is 0 Å². The van der Waals surface area contributed by atoms with E-state index in [-0.39, 0.29) is 11.9 Å². The summed E-state index contributed by atoms with van der Waals surface area (Å²) < 4.78 is 5.65. The van der Waals surface area contributed by atoms with Crippen LogP contribution in [0.3, 0.4) is 0 Å². The molecule has 0 spiro atoms. The standard InChI is InChI=1S/C19H19N3O3/c1-20-18(23)14-8-6-13(7-9-14)11-21-19(24)22-12-16-10-15-4-2-3-5-17(15)25-16/h2-10H,11-12H2,1H3,(H,20,23)(H2,21,22,24). The number of nitrogens with one attached hydrogen (secondary N) is 3. The second-order valence-corrected chi connectivity index (χ2v) is 5.56. The van der Waals surface area contributed by atoms with Gasteiger partial charge in [0, 0.05) is 24.5 Å². The zero-order chi connectivity index (χ0) is 17.6. The summed E-state index contributed by atoms with van der Waals surface area (Å²) in [6.45, 7) is 0.691. The SMILES string of the molecule is CNC(=O)c1ccc(CNC(=O)NCc2cc3ccccc3o2)cc1. The molecule has 0 saturated carbocycles. The van der Waals surface area contributed by atoms with E-state index >= 15 is 0 Å². The van der Waals surface area contributed by atoms with Gasteiger partial charge >= 0.3 is 6.03 Å². The number of furan rings is 1. The Morgan fingerprint density at radius 2 is 1.68 bits per heavy atom. The Balaban J connectivity index is 1.48. The maximum absolute atomic E-state index is 11.9. The summed E-state index contributed by atoms with van der Waals surface area (Å²) in [6.07, 6.45) is 0. The summed E-state index contributed by atoms with van der Waals surface area (Å²) in [7, 11) is 1.59. The van der Waals surface area contributed by atoms with Gasteiger partial charge in [-0.25, -0.2) is 4.79 Å². The van der Waals surface area contributed by atoms with Crippen molar-refractivity contribution in [3.05, 3.63) is 71.5 Å². The zero-order valence-electron chi connectivity index (χ0n) is 13.8. The second-order valence-electron chi connectivity index (χ2n) is 5.56. The van der Waals surface area contributed by atoms with Gasteiger partial charge in [-0.2, -0.15) is 0 Å². The fourth-order valence-corrected chi connectivity index (χ4v) is 2.45. The summed E-state index contributed by atoms with van der Waals surface area (Å²) in [4.78, 5) is 23.4. The summed E-state index contributed by atoms with van der Waals surface area (Å²) in [6, 6.07) is 16.4. The van der Waals surface area contributed by atoms with Gasteiger partial charge in [0.05, 0.1) is 6.54 Å². The van der Waals surface area contributed by atoms with Crippen LogP contribution in [0.2, 0.25) is 0 Å². The molecule has 6 nitrogen and oxygen atoms in total. The monoisotopic (exact) mass is 337 g/mol. The van der Waals surface area contributed by atoms with Crippen molar-refractivity contribution >= 4 is 22.9 Å². The minimum absolute atomic E-state index is 0.136. The van der Waals surface area contributed by atoms with Gasteiger partial charge in [-0.05, 0) is 29.8 Å². The van der Waals surface area contributed by atoms with Crippen LogP contribution < -0.4 is 16.0 Å². The number of para-hydroxylation sites is 1. The van der Waals surface area contributed by atoms with Crippen molar-refractivity contribution in [3.8, 4) is 0 Å². The number of fused-ring (bicyclic) bond motifs is 1. The third-order valence-electron chi connectivity index (χ3n) is 3.80. The lowest BCUT2D eigenvalue weighted by Crippen LogP contribution is -2.34. The molecule has 0 radical (unpaired) electrons. The molecule has 0 atom stereocenters. The van der Waals surface area contributed by atoms with Crippen LogP contribution in [0.4, 0.5) is 4.79 Å². The molecule has 0 aliphatic carbocycles. The average molecular weight is 337 g/mol. The average Bonchev–Trinajstić information content (AvgIpc) is 3.07. The number of hydrogen-bond acceptors (Lipinski definition) is 3. The predicted octanol–water partition coefficient (Wildman–Crippen LogP) is 2.79. The van der Waals surface area contributed by atoms with Crippen molar-refractivity contribution in [2.75, 3.05) is 7.05 Å². The lowest BCUT2D eigenvalue weighted by molar-refractivity contribution is 0.0963. The molecule has 1 heterocycles. The number of rotatable bonds is 5. The van der Waals surface area contributed by atoms with Crippen molar-refractivity contribution < 1.29 is 14.0 Å². The molecule has 0 unspecified atom stereocenters. The summed E-state index contributed by atoms with van der Waals surface area (Å²) in [5, 5.41) is 9.11. The van der Waals surface area contributed by atoms with Gasteiger partial charge < -0.3 is 20.4 Å². The fraction of sp³-hybridized carbons (Fsp3) is 0.158. The highest BCUT2D eigenvalue weighted by molar-refractivity contribution is 5.93. The minimum atomic E-state index is -0.282. The number of carbonyl (C=O) groups excluding carboxylic acids is 2. The molecule has 0 saturated heterocycles. The van der Waals surface area contributed by atoms with Gasteiger partial charge in [0.1, 0.15) is 11.3 Å². The maximum atomic E-state index is 11.9. The third kappa shape index (κ3) is 4.17. The summed E-state index contributed by atoms with van der Waals surface area (Å²) in [5.41, 5.74) is 2.29. The normalized spacial score (nSPS) is 10.4. The number of amides is 3. The molecule has 128 valence electrons. The molecule has 3 N–H and O–H groups in total. The Kier molecular flexibility index (Phi) is 4.99. The predicted molar refractivity (Wildman–Crippen MR) is 95.1 cm³/mol. The van der Waals surface area contributed by atoms with Crippen molar-refractivity contribution in [1.29, 1.82) is 0 Å². The van der Waals surface area contributed by atoms with Gasteiger partial charge in [-0.1, -0.05) is 30.3 Å². The highest BCUT2D eigenvalue weighted by Gasteiger charge is 2.06. The van der Waals surface area contributed by atoms with E-state index in [0.717, 1.165) is 16.5 Å². The molecule has 3 amide bonds. The van der Waals surface area contributed by atoms with Crippen LogP contribution in [0, 0.1) is 0 Å². The Bertz CT molecular complexity index is 851. The molecule has 0 fully saturated rings. The van der Waals surface area contributed by atoms with Gasteiger partial charge in [-0.15, -0.1) is 0 Å². The van der Waals surface area contributed by atoms with Gasteiger partial charge in [0.15, 0.2) is 0 Å². The topological polar surface area (TPSA) is 83.4 Å². The molecule has 0 aliphatic rings.